The average Bonchev–Trinajstić information content (AvgIpc) is 2.90. The molecule has 0 aliphatic rings. The molecule has 2 atom stereocenters. The minimum atomic E-state index is -0.629. The van der Waals surface area contributed by atoms with E-state index < -0.39 is 24.1 Å². The molecule has 0 saturated carbocycles. The van der Waals surface area contributed by atoms with Crippen molar-refractivity contribution < 1.29 is 38.0 Å². The van der Waals surface area contributed by atoms with Gasteiger partial charge < -0.3 is 28.4 Å². The van der Waals surface area contributed by atoms with Crippen LogP contribution in [0.4, 0.5) is 0 Å². The van der Waals surface area contributed by atoms with E-state index in [1.54, 1.807) is 13.8 Å². The van der Waals surface area contributed by atoms with E-state index in [0.29, 0.717) is 22.6 Å². The van der Waals surface area contributed by atoms with Gasteiger partial charge in [0.05, 0.1) is 13.2 Å². The summed E-state index contributed by atoms with van der Waals surface area (Å²) in [6.45, 7) is 10.9. The van der Waals surface area contributed by atoms with Gasteiger partial charge in [-0.2, -0.15) is 0 Å². The number of carbonyl (C=O) groups excluding carboxylic acids is 2. The summed E-state index contributed by atoms with van der Waals surface area (Å²) in [4.78, 5) is 24.2. The molecule has 202 valence electrons. The molecule has 3 rings (SSSR count). The Balaban J connectivity index is 1.97. The molecule has 0 amide bonds. The molecule has 8 nitrogen and oxygen atoms in total. The summed E-state index contributed by atoms with van der Waals surface area (Å²) < 4.78 is 34.0. The van der Waals surface area contributed by atoms with Crippen LogP contribution in [0.2, 0.25) is 0 Å². The highest BCUT2D eigenvalue weighted by Gasteiger charge is 2.22. The lowest BCUT2D eigenvalue weighted by molar-refractivity contribution is -0.149. The predicted molar refractivity (Wildman–Crippen MR) is 146 cm³/mol. The Morgan fingerprint density at radius 1 is 0.632 bits per heavy atom. The smallest absolute Gasteiger partial charge is 0.333 e. The van der Waals surface area contributed by atoms with Crippen LogP contribution < -0.4 is 9.47 Å². The lowest BCUT2D eigenvalue weighted by atomic mass is 10.0. The Morgan fingerprint density at radius 2 is 0.947 bits per heavy atom. The first-order valence-electron chi connectivity index (χ1n) is 12.2. The second-order valence-corrected chi connectivity index (χ2v) is 8.90. The van der Waals surface area contributed by atoms with Crippen molar-refractivity contribution in [3.63, 3.8) is 0 Å². The van der Waals surface area contributed by atoms with E-state index in [1.807, 2.05) is 48.5 Å². The zero-order valence-electron chi connectivity index (χ0n) is 22.3. The number of esters is 2. The fourth-order valence-electron chi connectivity index (χ4n) is 3.82. The zero-order chi connectivity index (χ0) is 27.7. The molecule has 0 aromatic heterocycles. The van der Waals surface area contributed by atoms with E-state index in [4.69, 9.17) is 28.4 Å². The maximum Gasteiger partial charge on any atom is 0.333 e. The summed E-state index contributed by atoms with van der Waals surface area (Å²) in [5, 5.41) is 3.24. The molecule has 0 bridgehead atoms. The maximum absolute atomic E-state index is 12.1. The highest BCUT2D eigenvalue weighted by atomic mass is 16.6. The normalized spacial score (nSPS) is 12.5. The quantitative estimate of drug-likeness (QED) is 0.166. The third kappa shape index (κ3) is 7.12. The van der Waals surface area contributed by atoms with Crippen LogP contribution in [0.15, 0.2) is 72.8 Å². The monoisotopic (exact) mass is 522 g/mol. The molecular formula is C30H34O8. The summed E-state index contributed by atoms with van der Waals surface area (Å²) in [6.07, 6.45) is -1.26. The highest BCUT2D eigenvalue weighted by molar-refractivity contribution is 6.11. The third-order valence-corrected chi connectivity index (χ3v) is 5.61. The molecule has 0 heterocycles. The minimum Gasteiger partial charge on any atom is -0.488 e. The lowest BCUT2D eigenvalue weighted by Crippen LogP contribution is -2.30. The SMILES string of the molecule is C=C(C)C(=O)OC(COC)COc1c2ccccc2c(OCC(COC)OC(=O)C(=C)C)c2ccccc12. The molecule has 0 radical (unpaired) electrons. The van der Waals surface area contributed by atoms with Gasteiger partial charge >= 0.3 is 11.9 Å². The van der Waals surface area contributed by atoms with E-state index in [1.165, 1.54) is 14.2 Å². The van der Waals surface area contributed by atoms with Gasteiger partial charge in [0.1, 0.15) is 24.7 Å². The Kier molecular flexibility index (Phi) is 10.3. The van der Waals surface area contributed by atoms with Gasteiger partial charge in [-0.1, -0.05) is 61.7 Å². The fourth-order valence-corrected chi connectivity index (χ4v) is 3.82. The molecule has 38 heavy (non-hydrogen) atoms. The molecule has 0 aliphatic heterocycles. The lowest BCUT2D eigenvalue weighted by Gasteiger charge is -2.22. The summed E-state index contributed by atoms with van der Waals surface area (Å²) in [5.74, 6) is 0.232. The van der Waals surface area contributed by atoms with Crippen LogP contribution in [0.25, 0.3) is 21.5 Å². The number of ether oxygens (including phenoxy) is 6. The van der Waals surface area contributed by atoms with Crippen LogP contribution in [0.1, 0.15) is 13.8 Å². The van der Waals surface area contributed by atoms with Crippen molar-refractivity contribution >= 4 is 33.5 Å². The van der Waals surface area contributed by atoms with Crippen molar-refractivity contribution in [3.05, 3.63) is 72.8 Å². The fraction of sp³-hybridized carbons (Fsp3) is 0.333. The van der Waals surface area contributed by atoms with Crippen molar-refractivity contribution in [1.29, 1.82) is 0 Å². The van der Waals surface area contributed by atoms with Gasteiger partial charge in [-0.15, -0.1) is 0 Å². The molecule has 8 heteroatoms. The molecule has 3 aromatic carbocycles. The number of rotatable bonds is 14. The summed E-state index contributed by atoms with van der Waals surface area (Å²) >= 11 is 0. The number of benzene rings is 3. The van der Waals surface area contributed by atoms with Gasteiger partial charge in [0.15, 0.2) is 12.2 Å². The number of hydrogen-bond acceptors (Lipinski definition) is 8. The zero-order valence-corrected chi connectivity index (χ0v) is 22.3. The molecular weight excluding hydrogens is 488 g/mol. The van der Waals surface area contributed by atoms with Crippen LogP contribution in [0, 0.1) is 0 Å². The molecule has 0 saturated heterocycles. The van der Waals surface area contributed by atoms with Crippen molar-refractivity contribution in [2.45, 2.75) is 26.1 Å². The summed E-state index contributed by atoms with van der Waals surface area (Å²) in [5.41, 5.74) is 0.591. The third-order valence-electron chi connectivity index (χ3n) is 5.61. The topological polar surface area (TPSA) is 89.5 Å². The second kappa shape index (κ2) is 13.6. The van der Waals surface area contributed by atoms with Crippen molar-refractivity contribution in [2.24, 2.45) is 0 Å². The maximum atomic E-state index is 12.1. The standard InChI is InChI=1S/C30H34O8/c1-19(2)29(31)37-21(15-33-5)17-35-27-23-11-7-9-13-25(23)28(26-14-10-8-12-24(26)27)36-18-22(16-34-6)38-30(32)20(3)4/h7-14,21-22H,1,3,15-18H2,2,4-6H3. The second-order valence-electron chi connectivity index (χ2n) is 8.90. The van der Waals surface area contributed by atoms with Gasteiger partial charge in [0.25, 0.3) is 0 Å². The van der Waals surface area contributed by atoms with E-state index in [0.717, 1.165) is 21.5 Å². The first-order chi connectivity index (χ1) is 18.3. The van der Waals surface area contributed by atoms with Crippen molar-refractivity contribution in [2.75, 3.05) is 40.6 Å². The molecule has 0 spiro atoms. The van der Waals surface area contributed by atoms with Crippen molar-refractivity contribution in [1.82, 2.24) is 0 Å². The van der Waals surface area contributed by atoms with E-state index in [-0.39, 0.29) is 26.4 Å². The molecule has 0 fully saturated rings. The van der Waals surface area contributed by atoms with Gasteiger partial charge in [-0.3, -0.25) is 0 Å². The van der Waals surface area contributed by atoms with Crippen molar-refractivity contribution in [3.8, 4) is 11.5 Å². The number of fused-ring (bicyclic) bond motifs is 2. The molecule has 0 aliphatic carbocycles. The Labute approximate surface area is 222 Å². The van der Waals surface area contributed by atoms with Crippen LogP contribution in [0.3, 0.4) is 0 Å². The van der Waals surface area contributed by atoms with Gasteiger partial charge in [0, 0.05) is 46.9 Å². The minimum absolute atomic E-state index is 0.0772. The summed E-state index contributed by atoms with van der Waals surface area (Å²) in [7, 11) is 3.06. The first-order valence-corrected chi connectivity index (χ1v) is 12.2. The first kappa shape index (κ1) is 28.7. The molecule has 2 unspecified atom stereocenters. The number of carbonyl (C=O) groups is 2. The Bertz CT molecular complexity index is 1160. The van der Waals surface area contributed by atoms with Crippen LogP contribution in [-0.2, 0) is 28.5 Å². The average molecular weight is 523 g/mol. The molecule has 0 N–H and O–H groups in total. The largest absolute Gasteiger partial charge is 0.488 e. The molecule has 3 aromatic rings. The van der Waals surface area contributed by atoms with Gasteiger partial charge in [-0.05, 0) is 13.8 Å². The van der Waals surface area contributed by atoms with E-state index >= 15 is 0 Å². The Hall–Kier alpha value is -3.88. The van der Waals surface area contributed by atoms with Gasteiger partial charge in [-0.25, -0.2) is 9.59 Å². The van der Waals surface area contributed by atoms with E-state index in [2.05, 4.69) is 13.2 Å². The Morgan fingerprint density at radius 3 is 1.21 bits per heavy atom. The summed E-state index contributed by atoms with van der Waals surface area (Å²) in [6, 6.07) is 15.4. The van der Waals surface area contributed by atoms with Crippen LogP contribution >= 0.6 is 0 Å². The van der Waals surface area contributed by atoms with Gasteiger partial charge in [0.2, 0.25) is 0 Å². The van der Waals surface area contributed by atoms with E-state index in [9.17, 15) is 9.59 Å². The van der Waals surface area contributed by atoms with Crippen LogP contribution in [-0.4, -0.2) is 64.8 Å². The highest BCUT2D eigenvalue weighted by Crippen LogP contribution is 2.42. The predicted octanol–water partition coefficient (Wildman–Crippen LogP) is 5.02. The van der Waals surface area contributed by atoms with Crippen LogP contribution in [0.5, 0.6) is 11.5 Å². The number of methoxy groups -OCH3 is 2. The number of hydrogen-bond donors (Lipinski definition) is 0.